The number of carbonyl (C=O) groups excluding carboxylic acids is 1. The van der Waals surface area contributed by atoms with Gasteiger partial charge in [0.1, 0.15) is 0 Å². The number of anilines is 1. The fourth-order valence-corrected chi connectivity index (χ4v) is 1.97. The van der Waals surface area contributed by atoms with Gasteiger partial charge in [0.25, 0.3) is 0 Å². The summed E-state index contributed by atoms with van der Waals surface area (Å²) in [4.78, 5) is 12.2. The molecule has 1 aliphatic heterocycles. The molecule has 1 fully saturated rings. The molecule has 0 spiro atoms. The van der Waals surface area contributed by atoms with Gasteiger partial charge in [0.05, 0.1) is 18.6 Å². The molecule has 0 atom stereocenters. The van der Waals surface area contributed by atoms with Gasteiger partial charge in [-0.15, -0.1) is 0 Å². The van der Waals surface area contributed by atoms with Crippen LogP contribution >= 0.6 is 0 Å². The second-order valence-corrected chi connectivity index (χ2v) is 4.90. The average molecular weight is 233 g/mol. The first-order valence-corrected chi connectivity index (χ1v) is 6.04. The summed E-state index contributed by atoms with van der Waals surface area (Å²) >= 11 is 0. The first kappa shape index (κ1) is 12.1. The van der Waals surface area contributed by atoms with Crippen molar-refractivity contribution in [3.63, 3.8) is 0 Å². The lowest BCUT2D eigenvalue weighted by Gasteiger charge is -2.39. The van der Waals surface area contributed by atoms with Crippen LogP contribution in [0, 0.1) is 19.3 Å². The summed E-state index contributed by atoms with van der Waals surface area (Å²) in [6.07, 6.45) is 0.823. The fourth-order valence-electron chi connectivity index (χ4n) is 1.97. The number of rotatable bonds is 3. The molecule has 3 nitrogen and oxygen atoms in total. The van der Waals surface area contributed by atoms with E-state index in [-0.39, 0.29) is 11.3 Å². The van der Waals surface area contributed by atoms with Crippen LogP contribution in [0.25, 0.3) is 0 Å². The molecule has 0 unspecified atom stereocenters. The van der Waals surface area contributed by atoms with E-state index in [4.69, 9.17) is 4.74 Å². The van der Waals surface area contributed by atoms with Gasteiger partial charge >= 0.3 is 0 Å². The Kier molecular flexibility index (Phi) is 3.20. The number of benzene rings is 1. The SMILES string of the molecule is CCC1(C(=O)Nc2cc(C)ccc2C)COC1. The zero-order valence-corrected chi connectivity index (χ0v) is 10.7. The molecule has 1 aromatic rings. The van der Waals surface area contributed by atoms with Crippen LogP contribution in [-0.2, 0) is 9.53 Å². The van der Waals surface area contributed by atoms with Crippen molar-refractivity contribution in [2.24, 2.45) is 5.41 Å². The average Bonchev–Trinajstić information content (AvgIpc) is 2.23. The number of amides is 1. The van der Waals surface area contributed by atoms with E-state index in [2.05, 4.69) is 5.32 Å². The maximum absolute atomic E-state index is 12.2. The number of hydrogen-bond donors (Lipinski definition) is 1. The van der Waals surface area contributed by atoms with Gasteiger partial charge in [0.15, 0.2) is 0 Å². The lowest BCUT2D eigenvalue weighted by molar-refractivity contribution is -0.156. The molecule has 1 amide bonds. The van der Waals surface area contributed by atoms with E-state index in [1.165, 1.54) is 0 Å². The molecule has 0 bridgehead atoms. The summed E-state index contributed by atoms with van der Waals surface area (Å²) in [7, 11) is 0. The Balaban J connectivity index is 2.15. The first-order chi connectivity index (χ1) is 8.07. The van der Waals surface area contributed by atoms with Crippen molar-refractivity contribution in [3.05, 3.63) is 29.3 Å². The largest absolute Gasteiger partial charge is 0.379 e. The normalized spacial score (nSPS) is 17.4. The highest BCUT2D eigenvalue weighted by Gasteiger charge is 2.44. The van der Waals surface area contributed by atoms with E-state index in [1.807, 2.05) is 39.0 Å². The van der Waals surface area contributed by atoms with Crippen LogP contribution in [0.2, 0.25) is 0 Å². The molecule has 1 aliphatic rings. The minimum atomic E-state index is -0.309. The lowest BCUT2D eigenvalue weighted by Crippen LogP contribution is -2.51. The number of ether oxygens (including phenoxy) is 1. The molecule has 2 rings (SSSR count). The number of hydrogen-bond acceptors (Lipinski definition) is 2. The second-order valence-electron chi connectivity index (χ2n) is 4.90. The molecule has 0 aromatic heterocycles. The Morgan fingerprint density at radius 2 is 2.12 bits per heavy atom. The predicted molar refractivity (Wildman–Crippen MR) is 68.1 cm³/mol. The summed E-state index contributed by atoms with van der Waals surface area (Å²) in [6, 6.07) is 6.09. The number of carbonyl (C=O) groups is 1. The van der Waals surface area contributed by atoms with E-state index in [1.54, 1.807) is 0 Å². The zero-order valence-electron chi connectivity index (χ0n) is 10.7. The molecule has 1 aromatic carbocycles. The van der Waals surface area contributed by atoms with Crippen LogP contribution in [0.15, 0.2) is 18.2 Å². The molecule has 1 heterocycles. The van der Waals surface area contributed by atoms with E-state index < -0.39 is 0 Å². The van der Waals surface area contributed by atoms with Crippen LogP contribution in [0.1, 0.15) is 24.5 Å². The molecule has 0 saturated carbocycles. The van der Waals surface area contributed by atoms with Crippen LogP contribution in [0.5, 0.6) is 0 Å². The molecular weight excluding hydrogens is 214 g/mol. The molecule has 0 aliphatic carbocycles. The smallest absolute Gasteiger partial charge is 0.235 e. The minimum absolute atomic E-state index is 0.0833. The molecule has 0 radical (unpaired) electrons. The highest BCUT2D eigenvalue weighted by atomic mass is 16.5. The van der Waals surface area contributed by atoms with Crippen molar-refractivity contribution in [3.8, 4) is 0 Å². The molecule has 92 valence electrons. The third kappa shape index (κ3) is 2.20. The van der Waals surface area contributed by atoms with Crippen molar-refractivity contribution in [2.45, 2.75) is 27.2 Å². The molecule has 3 heteroatoms. The van der Waals surface area contributed by atoms with E-state index in [9.17, 15) is 4.79 Å². The summed E-state index contributed by atoms with van der Waals surface area (Å²) < 4.78 is 5.18. The highest BCUT2D eigenvalue weighted by molar-refractivity contribution is 5.96. The van der Waals surface area contributed by atoms with Gasteiger partial charge in [-0.2, -0.15) is 0 Å². The van der Waals surface area contributed by atoms with Gasteiger partial charge in [-0.1, -0.05) is 19.1 Å². The van der Waals surface area contributed by atoms with Crippen molar-refractivity contribution >= 4 is 11.6 Å². The van der Waals surface area contributed by atoms with Gasteiger partial charge in [0, 0.05) is 5.69 Å². The van der Waals surface area contributed by atoms with E-state index >= 15 is 0 Å². The molecular formula is C14H19NO2. The van der Waals surface area contributed by atoms with Crippen molar-refractivity contribution in [1.29, 1.82) is 0 Å². The Morgan fingerprint density at radius 1 is 1.41 bits per heavy atom. The van der Waals surface area contributed by atoms with Crippen molar-refractivity contribution < 1.29 is 9.53 Å². The zero-order chi connectivity index (χ0) is 12.5. The quantitative estimate of drug-likeness (QED) is 0.871. The second kappa shape index (κ2) is 4.49. The van der Waals surface area contributed by atoms with Crippen molar-refractivity contribution in [2.75, 3.05) is 18.5 Å². The Hall–Kier alpha value is -1.35. The van der Waals surface area contributed by atoms with Crippen LogP contribution in [0.3, 0.4) is 0 Å². The third-order valence-corrected chi connectivity index (χ3v) is 3.56. The van der Waals surface area contributed by atoms with Crippen LogP contribution < -0.4 is 5.32 Å². The van der Waals surface area contributed by atoms with Gasteiger partial charge < -0.3 is 10.1 Å². The van der Waals surface area contributed by atoms with Gasteiger partial charge in [-0.25, -0.2) is 0 Å². The topological polar surface area (TPSA) is 38.3 Å². The summed E-state index contributed by atoms with van der Waals surface area (Å²) in [5.74, 6) is 0.0833. The van der Waals surface area contributed by atoms with Crippen molar-refractivity contribution in [1.82, 2.24) is 0 Å². The van der Waals surface area contributed by atoms with E-state index in [0.717, 1.165) is 23.2 Å². The summed E-state index contributed by atoms with van der Waals surface area (Å²) in [5, 5.41) is 3.03. The van der Waals surface area contributed by atoms with Gasteiger partial charge in [-0.05, 0) is 37.5 Å². The summed E-state index contributed by atoms with van der Waals surface area (Å²) in [5.41, 5.74) is 2.85. The van der Waals surface area contributed by atoms with Gasteiger partial charge in [-0.3, -0.25) is 4.79 Å². The molecule has 17 heavy (non-hydrogen) atoms. The van der Waals surface area contributed by atoms with E-state index in [0.29, 0.717) is 13.2 Å². The third-order valence-electron chi connectivity index (χ3n) is 3.56. The monoisotopic (exact) mass is 233 g/mol. The molecule has 1 saturated heterocycles. The number of aryl methyl sites for hydroxylation is 2. The summed E-state index contributed by atoms with van der Waals surface area (Å²) in [6.45, 7) is 7.15. The number of nitrogens with one attached hydrogen (secondary N) is 1. The van der Waals surface area contributed by atoms with Gasteiger partial charge in [0.2, 0.25) is 5.91 Å². The first-order valence-electron chi connectivity index (χ1n) is 6.04. The predicted octanol–water partition coefficient (Wildman–Crippen LogP) is 2.67. The molecule has 1 N–H and O–H groups in total. The lowest BCUT2D eigenvalue weighted by atomic mass is 9.82. The minimum Gasteiger partial charge on any atom is -0.379 e. The Labute approximate surface area is 102 Å². The fraction of sp³-hybridized carbons (Fsp3) is 0.500. The maximum Gasteiger partial charge on any atom is 0.235 e. The highest BCUT2D eigenvalue weighted by Crippen LogP contribution is 2.33. The Morgan fingerprint density at radius 3 is 2.65 bits per heavy atom. The Bertz CT molecular complexity index is 430. The standard InChI is InChI=1S/C14H19NO2/c1-4-14(8-17-9-14)13(16)15-12-7-10(2)5-6-11(12)3/h5-7H,4,8-9H2,1-3H3,(H,15,16). The maximum atomic E-state index is 12.2. The van der Waals surface area contributed by atoms with Crippen LogP contribution in [0.4, 0.5) is 5.69 Å². The van der Waals surface area contributed by atoms with Crippen LogP contribution in [-0.4, -0.2) is 19.1 Å².